The highest BCUT2D eigenvalue weighted by Gasteiger charge is 2.34. The summed E-state index contributed by atoms with van der Waals surface area (Å²) in [6, 6.07) is 7.73. The van der Waals surface area contributed by atoms with Gasteiger partial charge in [0.2, 0.25) is 10.0 Å². The van der Waals surface area contributed by atoms with Gasteiger partial charge in [0.15, 0.2) is 0 Å². The van der Waals surface area contributed by atoms with Crippen LogP contribution in [-0.2, 0) is 22.2 Å². The maximum atomic E-state index is 12.4. The summed E-state index contributed by atoms with van der Waals surface area (Å²) in [7, 11) is -3.76. The van der Waals surface area contributed by atoms with Crippen molar-refractivity contribution in [2.75, 3.05) is 6.54 Å². The standard InChI is InChI=1S/C15H14Cl2N4O3S2/c16-11-3-4-12(13(17)6-11)15(22,8-21-10-18-9-19-21)7-20-26(23,24)14-2-1-5-25-14/h1-6,9-10,20,22H,7-8H2. The quantitative estimate of drug-likeness (QED) is 0.597. The van der Waals surface area contributed by atoms with Gasteiger partial charge in [0.05, 0.1) is 6.54 Å². The third kappa shape index (κ3) is 4.25. The maximum absolute atomic E-state index is 12.4. The maximum Gasteiger partial charge on any atom is 0.250 e. The van der Waals surface area contributed by atoms with Gasteiger partial charge < -0.3 is 5.11 Å². The van der Waals surface area contributed by atoms with Crippen LogP contribution >= 0.6 is 34.5 Å². The second-order valence-corrected chi connectivity index (χ2v) is 9.29. The van der Waals surface area contributed by atoms with Gasteiger partial charge in [0, 0.05) is 22.2 Å². The molecule has 26 heavy (non-hydrogen) atoms. The summed E-state index contributed by atoms with van der Waals surface area (Å²) in [6.07, 6.45) is 2.74. The molecule has 2 heterocycles. The van der Waals surface area contributed by atoms with E-state index in [2.05, 4.69) is 14.8 Å². The number of nitrogens with zero attached hydrogens (tertiary/aromatic N) is 3. The van der Waals surface area contributed by atoms with Crippen LogP contribution in [0.5, 0.6) is 0 Å². The minimum atomic E-state index is -3.76. The van der Waals surface area contributed by atoms with Crippen molar-refractivity contribution in [3.63, 3.8) is 0 Å². The van der Waals surface area contributed by atoms with Crippen LogP contribution in [0.1, 0.15) is 5.56 Å². The molecule has 11 heteroatoms. The van der Waals surface area contributed by atoms with Gasteiger partial charge in [-0.3, -0.25) is 0 Å². The van der Waals surface area contributed by atoms with Gasteiger partial charge in [0.1, 0.15) is 22.5 Å². The molecule has 1 atom stereocenters. The largest absolute Gasteiger partial charge is 0.382 e. The Kier molecular flexibility index (Phi) is 5.66. The highest BCUT2D eigenvalue weighted by atomic mass is 35.5. The molecular weight excluding hydrogens is 419 g/mol. The van der Waals surface area contributed by atoms with Crippen LogP contribution in [0, 0.1) is 0 Å². The molecule has 3 aromatic rings. The number of sulfonamides is 1. The molecule has 0 bridgehead atoms. The second kappa shape index (κ2) is 7.63. The zero-order chi connectivity index (χ0) is 18.8. The molecule has 0 saturated heterocycles. The predicted octanol–water partition coefficient (Wildman–Crippen LogP) is 2.51. The van der Waals surface area contributed by atoms with Crippen molar-refractivity contribution in [2.24, 2.45) is 0 Å². The van der Waals surface area contributed by atoms with Crippen LogP contribution in [0.15, 0.2) is 52.6 Å². The van der Waals surface area contributed by atoms with Gasteiger partial charge in [-0.25, -0.2) is 22.8 Å². The second-order valence-electron chi connectivity index (χ2n) is 5.51. The van der Waals surface area contributed by atoms with Gasteiger partial charge in [-0.15, -0.1) is 11.3 Å². The van der Waals surface area contributed by atoms with E-state index in [1.54, 1.807) is 23.6 Å². The summed E-state index contributed by atoms with van der Waals surface area (Å²) in [5, 5.41) is 17.5. The smallest absolute Gasteiger partial charge is 0.250 e. The molecule has 138 valence electrons. The van der Waals surface area contributed by atoms with Crippen molar-refractivity contribution in [1.82, 2.24) is 19.5 Å². The van der Waals surface area contributed by atoms with Crippen molar-refractivity contribution in [3.05, 3.63) is 64.0 Å². The highest BCUT2D eigenvalue weighted by molar-refractivity contribution is 7.91. The van der Waals surface area contributed by atoms with Crippen LogP contribution in [0.25, 0.3) is 0 Å². The molecule has 7 nitrogen and oxygen atoms in total. The lowest BCUT2D eigenvalue weighted by atomic mass is 9.94. The summed E-state index contributed by atoms with van der Waals surface area (Å²) in [5.74, 6) is 0. The Balaban J connectivity index is 1.93. The Morgan fingerprint density at radius 1 is 1.31 bits per heavy atom. The Hall–Kier alpha value is -1.49. The molecular formula is C15H14Cl2N4O3S2. The third-order valence-corrected chi connectivity index (χ3v) is 6.98. The summed E-state index contributed by atoms with van der Waals surface area (Å²) < 4.78 is 28.8. The molecule has 2 N–H and O–H groups in total. The summed E-state index contributed by atoms with van der Waals surface area (Å²) in [4.78, 5) is 3.84. The number of aromatic nitrogens is 3. The average molecular weight is 433 g/mol. The van der Waals surface area contributed by atoms with E-state index in [0.29, 0.717) is 10.6 Å². The Labute approximate surface area is 164 Å². The minimum absolute atomic E-state index is 0.0543. The van der Waals surface area contributed by atoms with Crippen LogP contribution in [0.2, 0.25) is 10.0 Å². The predicted molar refractivity (Wildman–Crippen MR) is 99.9 cm³/mol. The first-order chi connectivity index (χ1) is 12.3. The molecule has 0 amide bonds. The number of aliphatic hydroxyl groups is 1. The van der Waals surface area contributed by atoms with E-state index in [4.69, 9.17) is 23.2 Å². The molecule has 0 radical (unpaired) electrons. The van der Waals surface area contributed by atoms with E-state index in [9.17, 15) is 13.5 Å². The molecule has 1 aromatic carbocycles. The minimum Gasteiger partial charge on any atom is -0.382 e. The van der Waals surface area contributed by atoms with Crippen molar-refractivity contribution >= 4 is 44.6 Å². The molecule has 0 fully saturated rings. The molecule has 3 rings (SSSR count). The van der Waals surface area contributed by atoms with Gasteiger partial charge in [0.25, 0.3) is 0 Å². The van der Waals surface area contributed by atoms with E-state index in [1.165, 1.54) is 29.5 Å². The van der Waals surface area contributed by atoms with Crippen LogP contribution in [0.3, 0.4) is 0 Å². The summed E-state index contributed by atoms with van der Waals surface area (Å²) in [5.41, 5.74) is -1.34. The van der Waals surface area contributed by atoms with Crippen LogP contribution < -0.4 is 4.72 Å². The molecule has 2 aromatic heterocycles. The normalized spacial score (nSPS) is 14.3. The zero-order valence-corrected chi connectivity index (χ0v) is 16.4. The number of nitrogens with one attached hydrogen (secondary N) is 1. The van der Waals surface area contributed by atoms with Crippen LogP contribution in [-0.4, -0.2) is 34.8 Å². The lowest BCUT2D eigenvalue weighted by molar-refractivity contribution is 0.0204. The molecule has 0 spiro atoms. The van der Waals surface area contributed by atoms with Crippen molar-refractivity contribution in [2.45, 2.75) is 16.4 Å². The number of thiophene rings is 1. The van der Waals surface area contributed by atoms with E-state index in [-0.39, 0.29) is 22.3 Å². The number of hydrogen-bond acceptors (Lipinski definition) is 6. The fraction of sp³-hybridized carbons (Fsp3) is 0.200. The van der Waals surface area contributed by atoms with Crippen molar-refractivity contribution in [1.29, 1.82) is 0 Å². The fourth-order valence-corrected chi connectivity index (χ4v) is 5.10. The Morgan fingerprint density at radius 3 is 2.73 bits per heavy atom. The lowest BCUT2D eigenvalue weighted by Gasteiger charge is -2.29. The van der Waals surface area contributed by atoms with Gasteiger partial charge in [-0.2, -0.15) is 5.10 Å². The van der Waals surface area contributed by atoms with Crippen molar-refractivity contribution < 1.29 is 13.5 Å². The molecule has 0 saturated carbocycles. The van der Waals surface area contributed by atoms with Crippen LogP contribution in [0.4, 0.5) is 0 Å². The van der Waals surface area contributed by atoms with E-state index >= 15 is 0 Å². The Morgan fingerprint density at radius 2 is 2.12 bits per heavy atom. The lowest BCUT2D eigenvalue weighted by Crippen LogP contribution is -2.44. The average Bonchev–Trinajstić information content (AvgIpc) is 3.27. The molecule has 0 aliphatic rings. The zero-order valence-electron chi connectivity index (χ0n) is 13.2. The topological polar surface area (TPSA) is 97.1 Å². The summed E-state index contributed by atoms with van der Waals surface area (Å²) in [6.45, 7) is -0.365. The van der Waals surface area contributed by atoms with E-state index < -0.39 is 15.6 Å². The van der Waals surface area contributed by atoms with E-state index in [1.807, 2.05) is 0 Å². The van der Waals surface area contributed by atoms with Gasteiger partial charge in [-0.1, -0.05) is 35.3 Å². The monoisotopic (exact) mass is 432 g/mol. The van der Waals surface area contributed by atoms with Crippen molar-refractivity contribution in [3.8, 4) is 0 Å². The highest BCUT2D eigenvalue weighted by Crippen LogP contribution is 2.32. The number of rotatable bonds is 7. The number of hydrogen-bond donors (Lipinski definition) is 2. The first kappa shape index (κ1) is 19.3. The van der Waals surface area contributed by atoms with E-state index in [0.717, 1.165) is 11.3 Å². The fourth-order valence-electron chi connectivity index (χ4n) is 2.39. The first-order valence-electron chi connectivity index (χ1n) is 7.34. The SMILES string of the molecule is O=S(=O)(NCC(O)(Cn1cncn1)c1ccc(Cl)cc1Cl)c1cccs1. The molecule has 0 aliphatic heterocycles. The third-order valence-electron chi connectivity index (χ3n) is 3.64. The van der Waals surface area contributed by atoms with Gasteiger partial charge in [-0.05, 0) is 23.6 Å². The number of benzene rings is 1. The molecule has 1 unspecified atom stereocenters. The summed E-state index contributed by atoms with van der Waals surface area (Å²) >= 11 is 13.2. The first-order valence-corrected chi connectivity index (χ1v) is 10.5. The Bertz CT molecular complexity index is 979. The molecule has 0 aliphatic carbocycles. The van der Waals surface area contributed by atoms with Gasteiger partial charge >= 0.3 is 0 Å². The number of halogens is 2.